The molecule has 6 nitrogen and oxygen atoms in total. The molecule has 0 unspecified atom stereocenters. The summed E-state index contributed by atoms with van der Waals surface area (Å²) in [6, 6.07) is 2.56. The van der Waals surface area contributed by atoms with Crippen molar-refractivity contribution in [2.75, 3.05) is 7.11 Å². The van der Waals surface area contributed by atoms with Crippen molar-refractivity contribution >= 4 is 23.3 Å². The molecule has 0 heterocycles. The molecule has 0 fully saturated rings. The number of benzene rings is 1. The zero-order valence-electron chi connectivity index (χ0n) is 8.27. The van der Waals surface area contributed by atoms with Crippen molar-refractivity contribution < 1.29 is 19.6 Å². The van der Waals surface area contributed by atoms with Crippen LogP contribution in [0.4, 0.5) is 5.69 Å². The third-order valence-electron chi connectivity index (χ3n) is 1.88. The minimum Gasteiger partial charge on any atom is -0.497 e. The van der Waals surface area contributed by atoms with Crippen molar-refractivity contribution in [1.29, 1.82) is 0 Å². The van der Waals surface area contributed by atoms with Crippen molar-refractivity contribution in [3.63, 3.8) is 0 Å². The number of methoxy groups -OCH3 is 1. The van der Waals surface area contributed by atoms with Gasteiger partial charge in [0.1, 0.15) is 10.8 Å². The average molecular weight is 246 g/mol. The van der Waals surface area contributed by atoms with Gasteiger partial charge in [-0.1, -0.05) is 11.6 Å². The molecule has 0 radical (unpaired) electrons. The van der Waals surface area contributed by atoms with Gasteiger partial charge < -0.3 is 9.84 Å². The van der Waals surface area contributed by atoms with Gasteiger partial charge in [0, 0.05) is 11.6 Å². The van der Waals surface area contributed by atoms with Crippen LogP contribution < -0.4 is 4.74 Å². The van der Waals surface area contributed by atoms with Gasteiger partial charge in [-0.2, -0.15) is 0 Å². The molecule has 0 saturated heterocycles. The second-order valence-electron chi connectivity index (χ2n) is 2.94. The molecular formula is C9H8ClNO5. The highest BCUT2D eigenvalue weighted by atomic mass is 35.5. The Hall–Kier alpha value is -1.82. The van der Waals surface area contributed by atoms with E-state index >= 15 is 0 Å². The average Bonchev–Trinajstić information content (AvgIpc) is 2.14. The number of nitro benzene ring substituents is 1. The molecule has 1 aromatic rings. The molecule has 0 saturated carbocycles. The van der Waals surface area contributed by atoms with Gasteiger partial charge in [-0.25, -0.2) is 0 Å². The number of rotatable bonds is 4. The van der Waals surface area contributed by atoms with Crippen LogP contribution in [0.2, 0.25) is 5.02 Å². The zero-order chi connectivity index (χ0) is 12.3. The third-order valence-corrected chi connectivity index (χ3v) is 2.16. The van der Waals surface area contributed by atoms with Crippen LogP contribution in [0, 0.1) is 10.1 Å². The summed E-state index contributed by atoms with van der Waals surface area (Å²) in [6.45, 7) is 0. The van der Waals surface area contributed by atoms with Crippen LogP contribution in [0.5, 0.6) is 5.75 Å². The Labute approximate surface area is 95.6 Å². The summed E-state index contributed by atoms with van der Waals surface area (Å²) in [5.74, 6) is -0.890. The summed E-state index contributed by atoms with van der Waals surface area (Å²) < 4.78 is 4.85. The Balaban J connectivity index is 3.34. The van der Waals surface area contributed by atoms with Gasteiger partial charge in [-0.3, -0.25) is 14.9 Å². The number of nitro groups is 1. The van der Waals surface area contributed by atoms with Crippen molar-refractivity contribution in [2.45, 2.75) is 6.42 Å². The summed E-state index contributed by atoms with van der Waals surface area (Å²) >= 11 is 5.68. The molecule has 7 heteroatoms. The van der Waals surface area contributed by atoms with Gasteiger partial charge in [0.15, 0.2) is 0 Å². The summed E-state index contributed by atoms with van der Waals surface area (Å²) in [4.78, 5) is 20.6. The molecule has 1 aromatic carbocycles. The minimum atomic E-state index is -1.17. The molecule has 0 bridgehead atoms. The van der Waals surface area contributed by atoms with E-state index in [0.717, 1.165) is 0 Å². The fourth-order valence-corrected chi connectivity index (χ4v) is 1.55. The van der Waals surface area contributed by atoms with E-state index in [9.17, 15) is 14.9 Å². The summed E-state index contributed by atoms with van der Waals surface area (Å²) in [7, 11) is 1.36. The number of hydrogen-bond donors (Lipinski definition) is 1. The molecule has 0 aliphatic rings. The zero-order valence-corrected chi connectivity index (χ0v) is 9.02. The monoisotopic (exact) mass is 245 g/mol. The first-order valence-corrected chi connectivity index (χ1v) is 4.56. The number of hydrogen-bond acceptors (Lipinski definition) is 4. The van der Waals surface area contributed by atoms with Gasteiger partial charge in [-0.15, -0.1) is 0 Å². The normalized spacial score (nSPS) is 9.88. The largest absolute Gasteiger partial charge is 0.497 e. The Kier molecular flexibility index (Phi) is 3.68. The summed E-state index contributed by atoms with van der Waals surface area (Å²) in [5.41, 5.74) is -0.383. The van der Waals surface area contributed by atoms with Gasteiger partial charge in [-0.05, 0) is 6.07 Å². The number of carboxylic acids is 1. The fraction of sp³-hybridized carbons (Fsp3) is 0.222. The number of halogens is 1. The lowest BCUT2D eigenvalue weighted by atomic mass is 10.1. The topological polar surface area (TPSA) is 89.7 Å². The number of ether oxygens (including phenoxy) is 1. The van der Waals surface area contributed by atoms with Crippen molar-refractivity contribution in [3.8, 4) is 5.75 Å². The van der Waals surface area contributed by atoms with Crippen molar-refractivity contribution in [3.05, 3.63) is 32.8 Å². The molecule has 0 atom stereocenters. The van der Waals surface area contributed by atoms with E-state index in [2.05, 4.69) is 0 Å². The second kappa shape index (κ2) is 4.80. The maximum absolute atomic E-state index is 10.7. The van der Waals surface area contributed by atoms with Crippen LogP contribution in [-0.2, 0) is 11.2 Å². The molecular weight excluding hydrogens is 238 g/mol. The number of carbonyl (C=O) groups is 1. The quantitative estimate of drug-likeness (QED) is 0.646. The van der Waals surface area contributed by atoms with Gasteiger partial charge in [0.2, 0.25) is 0 Å². The maximum atomic E-state index is 10.7. The van der Waals surface area contributed by atoms with E-state index in [1.54, 1.807) is 0 Å². The van der Waals surface area contributed by atoms with Crippen LogP contribution in [0.25, 0.3) is 0 Å². The number of carboxylic acid groups (broad SMARTS) is 1. The number of nitrogens with zero attached hydrogens (tertiary/aromatic N) is 1. The highest BCUT2D eigenvalue weighted by Crippen LogP contribution is 2.33. The molecule has 1 N–H and O–H groups in total. The molecule has 0 aromatic heterocycles. The summed E-state index contributed by atoms with van der Waals surface area (Å²) in [5, 5.41) is 19.2. The summed E-state index contributed by atoms with van der Waals surface area (Å²) in [6.07, 6.45) is -0.479. The lowest BCUT2D eigenvalue weighted by molar-refractivity contribution is -0.385. The first-order valence-electron chi connectivity index (χ1n) is 4.18. The van der Waals surface area contributed by atoms with E-state index in [4.69, 9.17) is 21.4 Å². The van der Waals surface area contributed by atoms with E-state index in [0.29, 0.717) is 0 Å². The SMILES string of the molecule is COc1cc(Cl)c([N+](=O)[O-])c(CC(=O)O)c1. The minimum absolute atomic E-state index is 0.0156. The Morgan fingerprint density at radius 3 is 2.69 bits per heavy atom. The van der Waals surface area contributed by atoms with E-state index in [-0.39, 0.29) is 16.3 Å². The number of aliphatic carboxylic acids is 1. The van der Waals surface area contributed by atoms with Crippen LogP contribution in [0.1, 0.15) is 5.56 Å². The van der Waals surface area contributed by atoms with Gasteiger partial charge >= 0.3 is 5.97 Å². The molecule has 0 aliphatic carbocycles. The molecule has 16 heavy (non-hydrogen) atoms. The molecule has 0 spiro atoms. The predicted octanol–water partition coefficient (Wildman–Crippen LogP) is 1.88. The molecule has 0 aliphatic heterocycles. The predicted molar refractivity (Wildman–Crippen MR) is 56.0 cm³/mol. The highest BCUT2D eigenvalue weighted by Gasteiger charge is 2.22. The van der Waals surface area contributed by atoms with Gasteiger partial charge in [0.25, 0.3) is 5.69 Å². The van der Waals surface area contributed by atoms with Crippen LogP contribution in [0.15, 0.2) is 12.1 Å². The third kappa shape index (κ3) is 2.60. The highest BCUT2D eigenvalue weighted by molar-refractivity contribution is 6.33. The van der Waals surface area contributed by atoms with Crippen LogP contribution in [-0.4, -0.2) is 23.1 Å². The van der Waals surface area contributed by atoms with Crippen LogP contribution >= 0.6 is 11.6 Å². The van der Waals surface area contributed by atoms with E-state index in [1.165, 1.54) is 19.2 Å². The lowest BCUT2D eigenvalue weighted by Gasteiger charge is -2.05. The van der Waals surface area contributed by atoms with Crippen LogP contribution in [0.3, 0.4) is 0 Å². The fourth-order valence-electron chi connectivity index (χ4n) is 1.25. The standard InChI is InChI=1S/C9H8ClNO5/c1-16-6-2-5(3-8(12)13)9(11(14)15)7(10)4-6/h2,4H,3H2,1H3,(H,12,13). The smallest absolute Gasteiger partial charge is 0.308 e. The van der Waals surface area contributed by atoms with E-state index < -0.39 is 23.0 Å². The van der Waals surface area contributed by atoms with Crippen molar-refractivity contribution in [2.24, 2.45) is 0 Å². The Morgan fingerprint density at radius 2 is 2.25 bits per heavy atom. The first kappa shape index (κ1) is 12.3. The maximum Gasteiger partial charge on any atom is 0.308 e. The molecule has 86 valence electrons. The van der Waals surface area contributed by atoms with E-state index in [1.807, 2.05) is 0 Å². The first-order chi connectivity index (χ1) is 7.45. The second-order valence-corrected chi connectivity index (χ2v) is 3.35. The lowest BCUT2D eigenvalue weighted by Crippen LogP contribution is -2.04. The molecule has 0 amide bonds. The van der Waals surface area contributed by atoms with Gasteiger partial charge in [0.05, 0.1) is 18.5 Å². The Bertz CT molecular complexity index is 446. The van der Waals surface area contributed by atoms with Crippen molar-refractivity contribution in [1.82, 2.24) is 0 Å². The Morgan fingerprint density at radius 1 is 1.62 bits per heavy atom. The molecule has 1 rings (SSSR count).